The van der Waals surface area contributed by atoms with Gasteiger partial charge in [-0.15, -0.1) is 0 Å². The van der Waals surface area contributed by atoms with Gasteiger partial charge >= 0.3 is 0 Å². The highest BCUT2D eigenvalue weighted by molar-refractivity contribution is 7.80. The first-order chi connectivity index (χ1) is 8.88. The molecule has 4 nitrogen and oxygen atoms in total. The Morgan fingerprint density at radius 1 is 1.53 bits per heavy atom. The average molecular weight is 279 g/mol. The lowest BCUT2D eigenvalue weighted by Crippen LogP contribution is -2.37. The summed E-state index contributed by atoms with van der Waals surface area (Å²) in [6.45, 7) is 4.82. The highest BCUT2D eigenvalue weighted by Crippen LogP contribution is 2.30. The molecule has 1 heterocycles. The van der Waals surface area contributed by atoms with Gasteiger partial charge in [0.15, 0.2) is 0 Å². The predicted molar refractivity (Wildman–Crippen MR) is 81.6 cm³/mol. The van der Waals surface area contributed by atoms with Crippen molar-refractivity contribution in [2.45, 2.75) is 32.8 Å². The molecule has 0 bridgehead atoms. The van der Waals surface area contributed by atoms with E-state index in [1.807, 2.05) is 27.0 Å². The van der Waals surface area contributed by atoms with Gasteiger partial charge in [0.1, 0.15) is 4.99 Å². The minimum absolute atomic E-state index is 0.116. The summed E-state index contributed by atoms with van der Waals surface area (Å²) in [5, 5.41) is 9.36. The van der Waals surface area contributed by atoms with Gasteiger partial charge in [-0.1, -0.05) is 12.2 Å². The van der Waals surface area contributed by atoms with E-state index in [9.17, 15) is 5.11 Å². The molecule has 0 aromatic carbocycles. The molecule has 1 fully saturated rings. The van der Waals surface area contributed by atoms with Gasteiger partial charge in [0.05, 0.1) is 17.4 Å². The highest BCUT2D eigenvalue weighted by atomic mass is 32.1. The van der Waals surface area contributed by atoms with E-state index < -0.39 is 0 Å². The molecule has 0 amide bonds. The van der Waals surface area contributed by atoms with Crippen LogP contribution in [0.25, 0.3) is 0 Å². The third-order valence-corrected chi connectivity index (χ3v) is 3.91. The zero-order chi connectivity index (χ0) is 14.2. The van der Waals surface area contributed by atoms with E-state index in [0.717, 1.165) is 42.0 Å². The second kappa shape index (κ2) is 5.43. The molecule has 2 rings (SSSR count). The Morgan fingerprint density at radius 3 is 2.68 bits per heavy atom. The SMILES string of the molecule is Cc1cc(N(C)CC2CC(O)C2)c(C(N)=S)c(C)n1. The van der Waals surface area contributed by atoms with Crippen LogP contribution in [0.4, 0.5) is 5.69 Å². The fraction of sp³-hybridized carbons (Fsp3) is 0.571. The van der Waals surface area contributed by atoms with Crippen molar-refractivity contribution in [3.05, 3.63) is 23.0 Å². The molecule has 0 atom stereocenters. The fourth-order valence-corrected chi connectivity index (χ4v) is 3.00. The molecular weight excluding hydrogens is 258 g/mol. The fourth-order valence-electron chi connectivity index (χ4n) is 2.75. The van der Waals surface area contributed by atoms with Gasteiger partial charge < -0.3 is 15.7 Å². The van der Waals surface area contributed by atoms with Crippen molar-refractivity contribution >= 4 is 22.9 Å². The number of nitrogens with two attached hydrogens (primary N) is 1. The van der Waals surface area contributed by atoms with Crippen LogP contribution in [0.15, 0.2) is 6.07 Å². The minimum atomic E-state index is -0.116. The second-order valence-corrected chi connectivity index (χ2v) is 5.92. The first-order valence-electron chi connectivity index (χ1n) is 6.55. The van der Waals surface area contributed by atoms with Crippen molar-refractivity contribution < 1.29 is 5.11 Å². The molecule has 0 unspecified atom stereocenters. The number of aromatic nitrogens is 1. The lowest BCUT2D eigenvalue weighted by molar-refractivity contribution is 0.0465. The Morgan fingerprint density at radius 2 is 2.16 bits per heavy atom. The number of nitrogens with zero attached hydrogens (tertiary/aromatic N) is 2. The molecular formula is C14H21N3OS. The number of rotatable bonds is 4. The van der Waals surface area contributed by atoms with Crippen molar-refractivity contribution in [2.75, 3.05) is 18.5 Å². The molecule has 0 saturated heterocycles. The average Bonchev–Trinajstić information content (AvgIpc) is 2.24. The lowest BCUT2D eigenvalue weighted by atomic mass is 9.82. The number of aliphatic hydroxyl groups is 1. The van der Waals surface area contributed by atoms with Crippen molar-refractivity contribution in [2.24, 2.45) is 11.7 Å². The van der Waals surface area contributed by atoms with Crippen molar-refractivity contribution in [3.8, 4) is 0 Å². The van der Waals surface area contributed by atoms with Gasteiger partial charge in [-0.05, 0) is 38.7 Å². The zero-order valence-electron chi connectivity index (χ0n) is 11.7. The molecule has 0 aliphatic heterocycles. The van der Waals surface area contributed by atoms with Crippen LogP contribution < -0.4 is 10.6 Å². The molecule has 19 heavy (non-hydrogen) atoms. The lowest BCUT2D eigenvalue weighted by Gasteiger charge is -2.36. The Hall–Kier alpha value is -1.20. The number of hydrogen-bond donors (Lipinski definition) is 2. The molecule has 104 valence electrons. The third kappa shape index (κ3) is 3.04. The third-order valence-electron chi connectivity index (χ3n) is 3.71. The molecule has 1 saturated carbocycles. The standard InChI is InChI=1S/C14H21N3OS/c1-8-4-12(13(14(15)19)9(2)16-8)17(3)7-10-5-11(18)6-10/h4,10-11,18H,5-7H2,1-3H3,(H2,15,19). The first kappa shape index (κ1) is 14.2. The Labute approximate surface area is 119 Å². The van der Waals surface area contributed by atoms with Crippen molar-refractivity contribution in [3.63, 3.8) is 0 Å². The van der Waals surface area contributed by atoms with Gasteiger partial charge in [-0.25, -0.2) is 0 Å². The second-order valence-electron chi connectivity index (χ2n) is 5.48. The Bertz CT molecular complexity index is 498. The van der Waals surface area contributed by atoms with E-state index in [1.54, 1.807) is 0 Å². The van der Waals surface area contributed by atoms with Gasteiger partial charge in [-0.2, -0.15) is 0 Å². The van der Waals surface area contributed by atoms with E-state index in [4.69, 9.17) is 18.0 Å². The molecule has 1 aliphatic rings. The van der Waals surface area contributed by atoms with E-state index in [1.165, 1.54) is 0 Å². The summed E-state index contributed by atoms with van der Waals surface area (Å²) in [7, 11) is 2.04. The summed E-state index contributed by atoms with van der Waals surface area (Å²) in [6.07, 6.45) is 1.65. The number of aryl methyl sites for hydroxylation is 2. The van der Waals surface area contributed by atoms with E-state index in [2.05, 4.69) is 9.88 Å². The van der Waals surface area contributed by atoms with Crippen molar-refractivity contribution in [1.82, 2.24) is 4.98 Å². The van der Waals surface area contributed by atoms with Crippen LogP contribution in [0.3, 0.4) is 0 Å². The van der Waals surface area contributed by atoms with Gasteiger partial charge in [0.2, 0.25) is 0 Å². The molecule has 1 aliphatic carbocycles. The van der Waals surface area contributed by atoms with Gasteiger partial charge in [0, 0.05) is 25.0 Å². The van der Waals surface area contributed by atoms with Crippen LogP contribution >= 0.6 is 12.2 Å². The number of aliphatic hydroxyl groups excluding tert-OH is 1. The normalized spacial score (nSPS) is 21.9. The number of hydrogen-bond acceptors (Lipinski definition) is 4. The summed E-state index contributed by atoms with van der Waals surface area (Å²) >= 11 is 5.15. The topological polar surface area (TPSA) is 62.4 Å². The molecule has 0 spiro atoms. The van der Waals surface area contributed by atoms with Gasteiger partial charge in [-0.3, -0.25) is 4.98 Å². The molecule has 0 radical (unpaired) electrons. The minimum Gasteiger partial charge on any atom is -0.393 e. The largest absolute Gasteiger partial charge is 0.393 e. The molecule has 1 aromatic heterocycles. The van der Waals surface area contributed by atoms with Crippen LogP contribution in [-0.4, -0.2) is 34.8 Å². The maximum atomic E-state index is 9.36. The number of anilines is 1. The summed E-state index contributed by atoms with van der Waals surface area (Å²) < 4.78 is 0. The van der Waals surface area contributed by atoms with E-state index in [-0.39, 0.29) is 6.10 Å². The van der Waals surface area contributed by atoms with Crippen LogP contribution in [0.5, 0.6) is 0 Å². The van der Waals surface area contributed by atoms with Crippen LogP contribution in [0, 0.1) is 19.8 Å². The summed E-state index contributed by atoms with van der Waals surface area (Å²) in [6, 6.07) is 2.02. The van der Waals surface area contributed by atoms with E-state index >= 15 is 0 Å². The molecule has 5 heteroatoms. The Kier molecular flexibility index (Phi) is 4.06. The predicted octanol–water partition coefficient (Wildman–Crippen LogP) is 1.54. The Balaban J connectivity index is 2.24. The summed E-state index contributed by atoms with van der Waals surface area (Å²) in [5.41, 5.74) is 9.58. The maximum absolute atomic E-state index is 9.36. The first-order valence-corrected chi connectivity index (χ1v) is 6.96. The van der Waals surface area contributed by atoms with Crippen LogP contribution in [0.1, 0.15) is 29.8 Å². The van der Waals surface area contributed by atoms with Crippen LogP contribution in [-0.2, 0) is 0 Å². The highest BCUT2D eigenvalue weighted by Gasteiger charge is 2.28. The summed E-state index contributed by atoms with van der Waals surface area (Å²) in [4.78, 5) is 6.99. The smallest absolute Gasteiger partial charge is 0.107 e. The number of pyridine rings is 1. The monoisotopic (exact) mass is 279 g/mol. The molecule has 3 N–H and O–H groups in total. The zero-order valence-corrected chi connectivity index (χ0v) is 12.5. The summed E-state index contributed by atoms with van der Waals surface area (Å²) in [5.74, 6) is 0.549. The van der Waals surface area contributed by atoms with Crippen LogP contribution in [0.2, 0.25) is 0 Å². The quantitative estimate of drug-likeness (QED) is 0.819. The number of thiocarbonyl (C=S) groups is 1. The van der Waals surface area contributed by atoms with Crippen molar-refractivity contribution in [1.29, 1.82) is 0 Å². The van der Waals surface area contributed by atoms with Gasteiger partial charge in [0.25, 0.3) is 0 Å². The maximum Gasteiger partial charge on any atom is 0.107 e. The molecule has 1 aromatic rings. The van der Waals surface area contributed by atoms with E-state index in [0.29, 0.717) is 10.9 Å².